The molecule has 0 amide bonds. The molecule has 0 spiro atoms. The Morgan fingerprint density at radius 1 is 1.11 bits per heavy atom. The molecule has 0 radical (unpaired) electrons. The number of anilines is 2. The third-order valence-electron chi connectivity index (χ3n) is 6.86. The van der Waals surface area contributed by atoms with E-state index in [-0.39, 0.29) is 23.2 Å². The zero-order chi connectivity index (χ0) is 26.7. The lowest BCUT2D eigenvalue weighted by Crippen LogP contribution is -2.36. The van der Waals surface area contributed by atoms with Crippen molar-refractivity contribution in [3.05, 3.63) is 40.9 Å². The van der Waals surface area contributed by atoms with Crippen molar-refractivity contribution >= 4 is 32.8 Å². The van der Waals surface area contributed by atoms with Crippen molar-refractivity contribution in [2.24, 2.45) is 0 Å². The van der Waals surface area contributed by atoms with Crippen LogP contribution in [0.3, 0.4) is 0 Å². The van der Waals surface area contributed by atoms with E-state index in [0.29, 0.717) is 41.2 Å². The van der Waals surface area contributed by atoms with E-state index in [1.807, 2.05) is 13.8 Å². The Balaban J connectivity index is 1.62. The van der Waals surface area contributed by atoms with Crippen molar-refractivity contribution in [3.63, 3.8) is 0 Å². The Hall–Kier alpha value is -3.05. The largest absolute Gasteiger partial charge is 0.351 e. The van der Waals surface area contributed by atoms with Crippen LogP contribution in [0.15, 0.2) is 35.4 Å². The van der Waals surface area contributed by atoms with Crippen LogP contribution in [-0.2, 0) is 10.0 Å². The van der Waals surface area contributed by atoms with Gasteiger partial charge in [-0.2, -0.15) is 4.98 Å². The van der Waals surface area contributed by atoms with Gasteiger partial charge < -0.3 is 10.2 Å². The number of rotatable bonds is 9. The van der Waals surface area contributed by atoms with Crippen LogP contribution in [-0.4, -0.2) is 64.8 Å². The lowest BCUT2D eigenvalue weighted by atomic mass is 9.91. The molecule has 200 valence electrons. The smallest absolute Gasteiger partial charge is 0.260 e. The summed E-state index contributed by atoms with van der Waals surface area (Å²) >= 11 is 0. The van der Waals surface area contributed by atoms with Crippen molar-refractivity contribution in [1.82, 2.24) is 24.4 Å². The third kappa shape index (κ3) is 6.27. The number of hydrogen-bond donors (Lipinski definition) is 2. The summed E-state index contributed by atoms with van der Waals surface area (Å²) < 4.78 is 28.2. The molecule has 2 N–H and O–H groups in total. The minimum Gasteiger partial charge on any atom is -0.351 e. The van der Waals surface area contributed by atoms with E-state index in [2.05, 4.69) is 39.0 Å². The predicted octanol–water partition coefficient (Wildman–Crippen LogP) is 3.87. The standard InChI is InChI=1S/C26H37N7O3S/c1-6-13-37(35,36)31-23-12-7-18(15-27-23)22-14-19-16-28-26(30-24(19)33(17(2)3)25(22)34)29-20-8-10-21(11-9-20)32(4)5/h7,12,14-17,20-21H,6,8-11,13H2,1-5H3,(H,27,31)(H,28,29,30). The average Bonchev–Trinajstić information content (AvgIpc) is 2.84. The molecule has 0 bridgehead atoms. The molecular formula is C26H37N7O3S. The fourth-order valence-electron chi connectivity index (χ4n) is 4.89. The van der Waals surface area contributed by atoms with E-state index in [1.54, 1.807) is 35.9 Å². The van der Waals surface area contributed by atoms with E-state index < -0.39 is 10.0 Å². The molecule has 3 aromatic rings. The number of nitrogens with one attached hydrogen (secondary N) is 2. The molecule has 0 aromatic carbocycles. The fourth-order valence-corrected chi connectivity index (χ4v) is 5.97. The Morgan fingerprint density at radius 2 is 1.84 bits per heavy atom. The molecule has 10 nitrogen and oxygen atoms in total. The van der Waals surface area contributed by atoms with Crippen molar-refractivity contribution in [1.29, 1.82) is 0 Å². The van der Waals surface area contributed by atoms with Gasteiger partial charge in [0.25, 0.3) is 5.56 Å². The van der Waals surface area contributed by atoms with E-state index in [0.717, 1.165) is 31.1 Å². The predicted molar refractivity (Wildman–Crippen MR) is 148 cm³/mol. The Kier molecular flexibility index (Phi) is 8.13. The minimum atomic E-state index is -3.44. The summed E-state index contributed by atoms with van der Waals surface area (Å²) in [5.41, 5.74) is 1.46. The maximum atomic E-state index is 13.6. The molecule has 1 saturated carbocycles. The SMILES string of the molecule is CCCS(=O)(=O)Nc1ccc(-c2cc3cnc(NC4CCC(N(C)C)CC4)nc3n(C(C)C)c2=O)cn1. The number of sulfonamides is 1. The van der Waals surface area contributed by atoms with Gasteiger partial charge in [0.15, 0.2) is 0 Å². The van der Waals surface area contributed by atoms with Gasteiger partial charge in [-0.3, -0.25) is 14.1 Å². The second-order valence-corrected chi connectivity index (χ2v) is 12.1. The van der Waals surface area contributed by atoms with Crippen molar-refractivity contribution in [2.45, 2.75) is 71.0 Å². The van der Waals surface area contributed by atoms with Crippen molar-refractivity contribution < 1.29 is 8.42 Å². The first kappa shape index (κ1) is 27.0. The molecule has 37 heavy (non-hydrogen) atoms. The van der Waals surface area contributed by atoms with Crippen LogP contribution in [0.2, 0.25) is 0 Å². The van der Waals surface area contributed by atoms with Gasteiger partial charge in [0.1, 0.15) is 11.5 Å². The summed E-state index contributed by atoms with van der Waals surface area (Å²) in [5.74, 6) is 0.780. The summed E-state index contributed by atoms with van der Waals surface area (Å²) in [6.45, 7) is 5.70. The molecule has 4 rings (SSSR count). The summed E-state index contributed by atoms with van der Waals surface area (Å²) in [6, 6.07) is 5.85. The van der Waals surface area contributed by atoms with Gasteiger partial charge in [-0.05, 0) is 78.2 Å². The zero-order valence-corrected chi connectivity index (χ0v) is 23.0. The normalized spacial score (nSPS) is 18.5. The molecule has 0 atom stereocenters. The first-order chi connectivity index (χ1) is 17.6. The molecule has 1 aliphatic carbocycles. The molecule has 1 aliphatic rings. The molecule has 0 unspecified atom stereocenters. The zero-order valence-electron chi connectivity index (χ0n) is 22.2. The monoisotopic (exact) mass is 527 g/mol. The lowest BCUT2D eigenvalue weighted by Gasteiger charge is -2.33. The molecule has 0 aliphatic heterocycles. The molecule has 1 fully saturated rings. The van der Waals surface area contributed by atoms with Crippen LogP contribution in [0.1, 0.15) is 58.9 Å². The number of nitrogens with zero attached hydrogens (tertiary/aromatic N) is 5. The molecule has 3 aromatic heterocycles. The van der Waals surface area contributed by atoms with Gasteiger partial charge in [-0.1, -0.05) is 6.92 Å². The van der Waals surface area contributed by atoms with Crippen molar-refractivity contribution in [3.8, 4) is 11.1 Å². The highest BCUT2D eigenvalue weighted by Gasteiger charge is 2.23. The quantitative estimate of drug-likeness (QED) is 0.430. The van der Waals surface area contributed by atoms with Gasteiger partial charge in [0, 0.05) is 47.0 Å². The van der Waals surface area contributed by atoms with Gasteiger partial charge in [0.05, 0.1) is 5.75 Å². The van der Waals surface area contributed by atoms with E-state index in [1.165, 1.54) is 6.20 Å². The van der Waals surface area contributed by atoms with Crippen LogP contribution in [0.4, 0.5) is 11.8 Å². The summed E-state index contributed by atoms with van der Waals surface area (Å²) in [7, 11) is 0.816. The number of pyridine rings is 2. The van der Waals surface area contributed by atoms with E-state index in [9.17, 15) is 13.2 Å². The first-order valence-electron chi connectivity index (χ1n) is 12.9. The summed E-state index contributed by atoms with van der Waals surface area (Å²) in [6.07, 6.45) is 8.14. The topological polar surface area (TPSA) is 122 Å². The Bertz CT molecular complexity index is 1390. The number of hydrogen-bond acceptors (Lipinski definition) is 8. The lowest BCUT2D eigenvalue weighted by molar-refractivity contribution is 0.221. The van der Waals surface area contributed by atoms with Crippen molar-refractivity contribution in [2.75, 3.05) is 29.9 Å². The van der Waals surface area contributed by atoms with Gasteiger partial charge in [-0.15, -0.1) is 0 Å². The highest BCUT2D eigenvalue weighted by Crippen LogP contribution is 2.26. The second kappa shape index (κ2) is 11.1. The highest BCUT2D eigenvalue weighted by atomic mass is 32.2. The number of aromatic nitrogens is 4. The fraction of sp³-hybridized carbons (Fsp3) is 0.538. The molecule has 0 saturated heterocycles. The maximum Gasteiger partial charge on any atom is 0.260 e. The van der Waals surface area contributed by atoms with Gasteiger partial charge in [-0.25, -0.2) is 18.4 Å². The van der Waals surface area contributed by atoms with Crippen LogP contribution in [0.25, 0.3) is 22.2 Å². The highest BCUT2D eigenvalue weighted by molar-refractivity contribution is 7.92. The number of fused-ring (bicyclic) bond motifs is 1. The summed E-state index contributed by atoms with van der Waals surface area (Å²) in [4.78, 5) is 29.4. The third-order valence-corrected chi connectivity index (χ3v) is 8.32. The van der Waals surface area contributed by atoms with E-state index in [4.69, 9.17) is 4.98 Å². The molecule has 3 heterocycles. The van der Waals surface area contributed by atoms with Crippen LogP contribution in [0.5, 0.6) is 0 Å². The second-order valence-electron chi connectivity index (χ2n) is 10.3. The Morgan fingerprint density at radius 3 is 2.43 bits per heavy atom. The van der Waals surface area contributed by atoms with Crippen LogP contribution in [0, 0.1) is 0 Å². The maximum absolute atomic E-state index is 13.6. The summed E-state index contributed by atoms with van der Waals surface area (Å²) in [5, 5.41) is 4.22. The first-order valence-corrected chi connectivity index (χ1v) is 14.6. The van der Waals surface area contributed by atoms with Crippen LogP contribution < -0.4 is 15.6 Å². The molecule has 11 heteroatoms. The minimum absolute atomic E-state index is 0.0222. The average molecular weight is 528 g/mol. The Labute approximate surface area is 218 Å². The van der Waals surface area contributed by atoms with Gasteiger partial charge in [0.2, 0.25) is 16.0 Å². The van der Waals surface area contributed by atoms with E-state index >= 15 is 0 Å². The van der Waals surface area contributed by atoms with Crippen LogP contribution >= 0.6 is 0 Å². The molecular weight excluding hydrogens is 490 g/mol. The van der Waals surface area contributed by atoms with Gasteiger partial charge >= 0.3 is 0 Å².